The van der Waals surface area contributed by atoms with Gasteiger partial charge < -0.3 is 9.80 Å². The molecule has 0 bridgehead atoms. The van der Waals surface area contributed by atoms with Gasteiger partial charge in [0, 0.05) is 41.8 Å². The average molecular weight is 361 g/mol. The molecule has 3 nitrogen and oxygen atoms in total. The molecule has 1 fully saturated rings. The molecule has 1 heterocycles. The van der Waals surface area contributed by atoms with Crippen molar-refractivity contribution in [1.29, 1.82) is 0 Å². The zero-order valence-corrected chi connectivity index (χ0v) is 15.3. The monoisotopic (exact) mass is 360 g/mol. The molecule has 1 aliphatic rings. The predicted molar refractivity (Wildman–Crippen MR) is 102 cm³/mol. The predicted octanol–water partition coefficient (Wildman–Crippen LogP) is 4.17. The van der Waals surface area contributed by atoms with Crippen LogP contribution in [0.25, 0.3) is 0 Å². The van der Waals surface area contributed by atoms with Gasteiger partial charge in [0.1, 0.15) is 0 Å². The lowest BCUT2D eigenvalue weighted by atomic mass is 10.2. The molecule has 0 spiro atoms. The van der Waals surface area contributed by atoms with E-state index in [1.807, 2.05) is 42.2 Å². The number of hydrogen-bond donors (Lipinski definition) is 0. The minimum atomic E-state index is -0.0885. The van der Waals surface area contributed by atoms with Gasteiger partial charge in [-0.05, 0) is 43.3 Å². The highest BCUT2D eigenvalue weighted by Gasteiger charge is 2.25. The summed E-state index contributed by atoms with van der Waals surface area (Å²) in [6, 6.07) is 18.0. The molecule has 0 N–H and O–H groups in total. The Labute approximate surface area is 152 Å². The van der Waals surface area contributed by atoms with E-state index in [2.05, 4.69) is 29.2 Å². The molecule has 0 saturated carbocycles. The Kier molecular flexibility index (Phi) is 5.69. The maximum atomic E-state index is 12.7. The van der Waals surface area contributed by atoms with Crippen molar-refractivity contribution in [2.45, 2.75) is 17.1 Å². The van der Waals surface area contributed by atoms with Crippen molar-refractivity contribution in [3.05, 3.63) is 59.6 Å². The van der Waals surface area contributed by atoms with Gasteiger partial charge in [0.25, 0.3) is 0 Å². The van der Waals surface area contributed by atoms with Crippen LogP contribution in [0.2, 0.25) is 5.02 Å². The number of hydrogen-bond acceptors (Lipinski definition) is 3. The normalized spacial score (nSPS) is 16.1. The maximum absolute atomic E-state index is 12.7. The Hall–Kier alpha value is -1.65. The van der Waals surface area contributed by atoms with E-state index in [1.165, 1.54) is 5.69 Å². The number of thioether (sulfide) groups is 1. The summed E-state index contributed by atoms with van der Waals surface area (Å²) in [5.74, 6) is 0.211. The molecule has 24 heavy (non-hydrogen) atoms. The van der Waals surface area contributed by atoms with Gasteiger partial charge in [-0.25, -0.2) is 0 Å². The van der Waals surface area contributed by atoms with E-state index in [9.17, 15) is 4.79 Å². The standard InChI is InChI=1S/C19H21ClN2OS/c1-15(24-18-9-7-16(20)8-10-18)19(23)22-13-11-21(12-14-22)17-5-3-2-4-6-17/h2-10,15H,11-14H2,1H3. The summed E-state index contributed by atoms with van der Waals surface area (Å²) in [7, 11) is 0. The maximum Gasteiger partial charge on any atom is 0.235 e. The number of carbonyl (C=O) groups excluding carboxylic acids is 1. The Morgan fingerprint density at radius 1 is 1.00 bits per heavy atom. The van der Waals surface area contributed by atoms with Gasteiger partial charge in [0.2, 0.25) is 5.91 Å². The quantitative estimate of drug-likeness (QED) is 0.764. The Balaban J connectivity index is 1.53. The first-order valence-electron chi connectivity index (χ1n) is 8.14. The molecular weight excluding hydrogens is 340 g/mol. The Bertz CT molecular complexity index is 670. The third-order valence-electron chi connectivity index (χ3n) is 4.19. The second-order valence-electron chi connectivity index (χ2n) is 5.86. The van der Waals surface area contributed by atoms with Gasteiger partial charge in [-0.2, -0.15) is 0 Å². The van der Waals surface area contributed by atoms with Crippen LogP contribution >= 0.6 is 23.4 Å². The largest absolute Gasteiger partial charge is 0.368 e. The van der Waals surface area contributed by atoms with Crippen LogP contribution < -0.4 is 4.90 Å². The number of amides is 1. The molecule has 0 aromatic heterocycles. The van der Waals surface area contributed by atoms with Gasteiger partial charge in [-0.1, -0.05) is 29.8 Å². The van der Waals surface area contributed by atoms with Gasteiger partial charge in [-0.3, -0.25) is 4.79 Å². The lowest BCUT2D eigenvalue weighted by Gasteiger charge is -2.37. The molecule has 0 aliphatic carbocycles. The molecule has 0 radical (unpaired) electrons. The first-order valence-corrected chi connectivity index (χ1v) is 9.40. The number of halogens is 1. The lowest BCUT2D eigenvalue weighted by Crippen LogP contribution is -2.50. The minimum Gasteiger partial charge on any atom is -0.368 e. The summed E-state index contributed by atoms with van der Waals surface area (Å²) in [6.45, 7) is 5.30. The van der Waals surface area contributed by atoms with Crippen LogP contribution in [-0.4, -0.2) is 42.2 Å². The number of carbonyl (C=O) groups is 1. The van der Waals surface area contributed by atoms with E-state index in [1.54, 1.807) is 11.8 Å². The summed E-state index contributed by atoms with van der Waals surface area (Å²) in [5.41, 5.74) is 1.23. The minimum absolute atomic E-state index is 0.0885. The summed E-state index contributed by atoms with van der Waals surface area (Å²) >= 11 is 7.50. The van der Waals surface area contributed by atoms with Crippen LogP contribution in [0.15, 0.2) is 59.5 Å². The third-order valence-corrected chi connectivity index (χ3v) is 5.54. The number of benzene rings is 2. The van der Waals surface area contributed by atoms with Crippen molar-refractivity contribution in [2.75, 3.05) is 31.1 Å². The number of rotatable bonds is 4. The molecule has 1 atom stereocenters. The van der Waals surface area contributed by atoms with E-state index < -0.39 is 0 Å². The second kappa shape index (κ2) is 7.95. The van der Waals surface area contributed by atoms with Gasteiger partial charge in [0.05, 0.1) is 5.25 Å². The van der Waals surface area contributed by atoms with Crippen molar-refractivity contribution in [2.24, 2.45) is 0 Å². The highest BCUT2D eigenvalue weighted by atomic mass is 35.5. The average Bonchev–Trinajstić information content (AvgIpc) is 2.64. The van der Waals surface area contributed by atoms with Crippen LogP contribution in [0.3, 0.4) is 0 Å². The highest BCUT2D eigenvalue weighted by molar-refractivity contribution is 8.00. The van der Waals surface area contributed by atoms with Crippen LogP contribution in [0, 0.1) is 0 Å². The highest BCUT2D eigenvalue weighted by Crippen LogP contribution is 2.26. The number of piperazine rings is 1. The van der Waals surface area contributed by atoms with E-state index >= 15 is 0 Å². The van der Waals surface area contributed by atoms with Crippen molar-refractivity contribution < 1.29 is 4.79 Å². The number of anilines is 1. The molecule has 5 heteroatoms. The molecule has 1 amide bonds. The van der Waals surface area contributed by atoms with Gasteiger partial charge in [-0.15, -0.1) is 11.8 Å². The fraction of sp³-hybridized carbons (Fsp3) is 0.316. The third kappa shape index (κ3) is 4.25. The van der Waals surface area contributed by atoms with Crippen molar-refractivity contribution in [3.8, 4) is 0 Å². The Morgan fingerprint density at radius 3 is 2.25 bits per heavy atom. The molecule has 2 aromatic carbocycles. The second-order valence-corrected chi connectivity index (χ2v) is 7.71. The molecule has 1 aliphatic heterocycles. The fourth-order valence-corrected chi connectivity index (χ4v) is 3.93. The summed E-state index contributed by atoms with van der Waals surface area (Å²) in [5, 5.41) is 0.629. The van der Waals surface area contributed by atoms with Crippen molar-refractivity contribution >= 4 is 35.0 Å². The molecule has 1 unspecified atom stereocenters. The van der Waals surface area contributed by atoms with E-state index in [-0.39, 0.29) is 11.2 Å². The Morgan fingerprint density at radius 2 is 1.62 bits per heavy atom. The zero-order valence-electron chi connectivity index (χ0n) is 13.7. The number of para-hydroxylation sites is 1. The molecular formula is C19H21ClN2OS. The van der Waals surface area contributed by atoms with Crippen molar-refractivity contribution in [3.63, 3.8) is 0 Å². The summed E-state index contributed by atoms with van der Waals surface area (Å²) in [4.78, 5) is 18.1. The summed E-state index contributed by atoms with van der Waals surface area (Å²) < 4.78 is 0. The molecule has 2 aromatic rings. The molecule has 126 valence electrons. The first kappa shape index (κ1) is 17.2. The van der Waals surface area contributed by atoms with Crippen LogP contribution in [0.1, 0.15) is 6.92 Å². The van der Waals surface area contributed by atoms with Crippen molar-refractivity contribution in [1.82, 2.24) is 4.90 Å². The van der Waals surface area contributed by atoms with Crippen LogP contribution in [0.4, 0.5) is 5.69 Å². The van der Waals surface area contributed by atoms with E-state index in [0.717, 1.165) is 36.1 Å². The topological polar surface area (TPSA) is 23.6 Å². The fourth-order valence-electron chi connectivity index (χ4n) is 2.85. The first-order chi connectivity index (χ1) is 11.6. The lowest BCUT2D eigenvalue weighted by molar-refractivity contribution is -0.130. The smallest absolute Gasteiger partial charge is 0.235 e. The van der Waals surface area contributed by atoms with E-state index in [4.69, 9.17) is 11.6 Å². The zero-order chi connectivity index (χ0) is 16.9. The van der Waals surface area contributed by atoms with Crippen LogP contribution in [0.5, 0.6) is 0 Å². The molecule has 3 rings (SSSR count). The summed E-state index contributed by atoms with van der Waals surface area (Å²) in [6.07, 6.45) is 0. The SMILES string of the molecule is CC(Sc1ccc(Cl)cc1)C(=O)N1CCN(c2ccccc2)CC1. The van der Waals surface area contributed by atoms with Gasteiger partial charge >= 0.3 is 0 Å². The molecule has 1 saturated heterocycles. The van der Waals surface area contributed by atoms with Gasteiger partial charge in [0.15, 0.2) is 0 Å². The number of nitrogens with zero attached hydrogens (tertiary/aromatic N) is 2. The van der Waals surface area contributed by atoms with E-state index in [0.29, 0.717) is 0 Å². The van der Waals surface area contributed by atoms with Crippen LogP contribution in [-0.2, 0) is 4.79 Å².